The lowest BCUT2D eigenvalue weighted by Crippen LogP contribution is -2.26. The lowest BCUT2D eigenvalue weighted by atomic mass is 9.78. The van der Waals surface area contributed by atoms with E-state index >= 15 is 0 Å². The van der Waals surface area contributed by atoms with Gasteiger partial charge in [-0.1, -0.05) is 30.8 Å². The average Bonchev–Trinajstić information content (AvgIpc) is 3.49. The topological polar surface area (TPSA) is 76.0 Å². The number of rotatable bonds is 3. The molecule has 1 spiro atoms. The molecule has 2 N–H and O–H groups in total. The first-order valence-electron chi connectivity index (χ1n) is 12.0. The number of allylic oxidation sites excluding steroid dienone is 1. The Balaban J connectivity index is 1.13. The summed E-state index contributed by atoms with van der Waals surface area (Å²) in [6.45, 7) is 4.51. The van der Waals surface area contributed by atoms with Crippen molar-refractivity contribution in [2.75, 3.05) is 10.6 Å². The van der Waals surface area contributed by atoms with Gasteiger partial charge in [0.15, 0.2) is 5.78 Å². The van der Waals surface area contributed by atoms with Crippen LogP contribution in [0.25, 0.3) is 10.9 Å². The summed E-state index contributed by atoms with van der Waals surface area (Å²) in [5.74, 6) is 0.990. The average molecular weight is 461 g/mol. The third kappa shape index (κ3) is 2.92. The fourth-order valence-corrected chi connectivity index (χ4v) is 6.20. The molecule has 4 aromatic rings. The highest BCUT2D eigenvalue weighted by atomic mass is 16.2. The van der Waals surface area contributed by atoms with Gasteiger partial charge in [0.1, 0.15) is 12.4 Å². The van der Waals surface area contributed by atoms with Gasteiger partial charge >= 0.3 is 0 Å². The first kappa shape index (κ1) is 20.2. The van der Waals surface area contributed by atoms with Crippen molar-refractivity contribution < 1.29 is 9.59 Å². The van der Waals surface area contributed by atoms with Crippen molar-refractivity contribution in [1.82, 2.24) is 9.55 Å². The summed E-state index contributed by atoms with van der Waals surface area (Å²) >= 11 is 0. The normalized spacial score (nSPS) is 19.7. The Labute approximate surface area is 202 Å². The van der Waals surface area contributed by atoms with Crippen molar-refractivity contribution in [1.29, 1.82) is 0 Å². The molecule has 1 atom stereocenters. The fraction of sp³-hybridized carbons (Fsp3) is 0.207. The van der Waals surface area contributed by atoms with E-state index in [2.05, 4.69) is 40.4 Å². The van der Waals surface area contributed by atoms with E-state index in [9.17, 15) is 9.59 Å². The van der Waals surface area contributed by atoms with Crippen LogP contribution < -0.4 is 10.6 Å². The lowest BCUT2D eigenvalue weighted by molar-refractivity contribution is -0.116. The number of ketones is 1. The van der Waals surface area contributed by atoms with E-state index in [1.165, 1.54) is 16.7 Å². The summed E-state index contributed by atoms with van der Waals surface area (Å²) in [4.78, 5) is 29.8. The minimum absolute atomic E-state index is 0.0847. The molecule has 6 nitrogen and oxygen atoms in total. The maximum Gasteiger partial charge on any atom is 0.244 e. The highest BCUT2D eigenvalue weighted by molar-refractivity contribution is 6.11. The van der Waals surface area contributed by atoms with Gasteiger partial charge in [0.2, 0.25) is 5.91 Å². The number of anilines is 2. The van der Waals surface area contributed by atoms with E-state index in [-0.39, 0.29) is 23.7 Å². The zero-order valence-electron chi connectivity index (χ0n) is 19.2. The Bertz CT molecular complexity index is 1600. The van der Waals surface area contributed by atoms with E-state index in [1.807, 2.05) is 41.1 Å². The number of carbonyl (C=O) groups is 2. The number of fused-ring (bicyclic) bond motifs is 3. The number of carbonyl (C=O) groups excluding carboxylic acids is 2. The molecule has 172 valence electrons. The number of Topliss-reactive ketones (excluding diaryl/α,β-unsaturated/α-hetero) is 1. The van der Waals surface area contributed by atoms with Crippen LogP contribution in [0.15, 0.2) is 73.2 Å². The Hall–Kier alpha value is -4.19. The predicted octanol–water partition coefficient (Wildman–Crippen LogP) is 4.78. The molecule has 2 aromatic heterocycles. The van der Waals surface area contributed by atoms with Gasteiger partial charge in [-0.2, -0.15) is 0 Å². The van der Waals surface area contributed by atoms with Gasteiger partial charge in [0.05, 0.1) is 0 Å². The molecule has 3 heterocycles. The minimum atomic E-state index is -0.184. The molecule has 0 radical (unpaired) electrons. The van der Waals surface area contributed by atoms with Crippen molar-refractivity contribution in [2.45, 2.75) is 37.6 Å². The lowest BCUT2D eigenvalue weighted by Gasteiger charge is -2.24. The zero-order valence-corrected chi connectivity index (χ0v) is 19.2. The van der Waals surface area contributed by atoms with Crippen LogP contribution in [0.2, 0.25) is 0 Å². The monoisotopic (exact) mass is 460 g/mol. The van der Waals surface area contributed by atoms with Crippen LogP contribution in [0.1, 0.15) is 39.0 Å². The second kappa shape index (κ2) is 7.15. The van der Waals surface area contributed by atoms with Crippen LogP contribution in [0, 0.1) is 0 Å². The van der Waals surface area contributed by atoms with E-state index in [1.54, 1.807) is 6.20 Å². The van der Waals surface area contributed by atoms with Crippen LogP contribution >= 0.6 is 0 Å². The number of benzene rings is 2. The molecule has 1 unspecified atom stereocenters. The van der Waals surface area contributed by atoms with Crippen molar-refractivity contribution in [3.63, 3.8) is 0 Å². The molecule has 0 fully saturated rings. The Morgan fingerprint density at radius 2 is 1.97 bits per heavy atom. The number of pyridine rings is 1. The van der Waals surface area contributed by atoms with Crippen molar-refractivity contribution in [3.8, 4) is 0 Å². The molecule has 0 saturated carbocycles. The summed E-state index contributed by atoms with van der Waals surface area (Å²) in [6, 6.07) is 16.1. The molecule has 0 bridgehead atoms. The zero-order chi connectivity index (χ0) is 23.7. The SMILES string of the molecule is C=C1Nc2ncccc2C12Cc1ccc(NC(=O)Cn3cc4c5c(cccc53)C(=O)CC4)cc1C2. The van der Waals surface area contributed by atoms with Crippen LogP contribution in [-0.2, 0) is 36.0 Å². The van der Waals surface area contributed by atoms with Gasteiger partial charge < -0.3 is 15.2 Å². The van der Waals surface area contributed by atoms with Gasteiger partial charge in [-0.25, -0.2) is 4.98 Å². The maximum absolute atomic E-state index is 13.0. The standard InChI is InChI=1S/C29H24N4O2/c1-17-29(23-5-3-11-30-28(23)31-17)13-18-7-9-21(12-20(18)14-29)32-26(35)16-33-15-19-8-10-25(34)22-4-2-6-24(33)27(19)22/h2-7,9,11-12,15H,1,8,10,13-14,16H2,(H,30,31)(H,32,35). The number of hydrogen-bond donors (Lipinski definition) is 2. The Morgan fingerprint density at radius 1 is 1.09 bits per heavy atom. The first-order valence-corrected chi connectivity index (χ1v) is 12.0. The first-order chi connectivity index (χ1) is 17.0. The summed E-state index contributed by atoms with van der Waals surface area (Å²) in [7, 11) is 0. The molecule has 6 heteroatoms. The Morgan fingerprint density at radius 3 is 2.89 bits per heavy atom. The number of aromatic nitrogens is 2. The van der Waals surface area contributed by atoms with E-state index in [4.69, 9.17) is 0 Å². The Kier molecular flexibility index (Phi) is 4.13. The molecule has 7 rings (SSSR count). The third-order valence-corrected chi connectivity index (χ3v) is 7.87. The second-order valence-corrected chi connectivity index (χ2v) is 9.88. The van der Waals surface area contributed by atoms with Gasteiger partial charge in [-0.15, -0.1) is 0 Å². The largest absolute Gasteiger partial charge is 0.343 e. The van der Waals surface area contributed by atoms with Crippen LogP contribution in [0.3, 0.4) is 0 Å². The number of nitrogens with zero attached hydrogens (tertiary/aromatic N) is 2. The molecule has 1 amide bonds. The smallest absolute Gasteiger partial charge is 0.244 e. The highest BCUT2D eigenvalue weighted by Gasteiger charge is 2.47. The van der Waals surface area contributed by atoms with Gasteiger partial charge in [0.25, 0.3) is 0 Å². The number of hydrogen-bond acceptors (Lipinski definition) is 4. The number of nitrogens with one attached hydrogen (secondary N) is 2. The number of amides is 1. The molecular formula is C29H24N4O2. The quantitative estimate of drug-likeness (QED) is 0.461. The van der Waals surface area contributed by atoms with Crippen molar-refractivity contribution in [3.05, 3.63) is 101 Å². The van der Waals surface area contributed by atoms with E-state index < -0.39 is 0 Å². The summed E-state index contributed by atoms with van der Waals surface area (Å²) in [5.41, 5.74) is 8.15. The highest BCUT2D eigenvalue weighted by Crippen LogP contribution is 2.50. The van der Waals surface area contributed by atoms with Gasteiger partial charge in [-0.3, -0.25) is 9.59 Å². The summed E-state index contributed by atoms with van der Waals surface area (Å²) in [6.07, 6.45) is 6.79. The van der Waals surface area contributed by atoms with E-state index in [0.717, 1.165) is 58.5 Å². The molecule has 0 saturated heterocycles. The molecular weight excluding hydrogens is 436 g/mol. The minimum Gasteiger partial charge on any atom is -0.343 e. The predicted molar refractivity (Wildman–Crippen MR) is 136 cm³/mol. The van der Waals surface area contributed by atoms with E-state index in [0.29, 0.717) is 6.42 Å². The summed E-state index contributed by atoms with van der Waals surface area (Å²) in [5, 5.41) is 7.46. The van der Waals surface area contributed by atoms with Gasteiger partial charge in [0, 0.05) is 57.6 Å². The van der Waals surface area contributed by atoms with Crippen LogP contribution in [0.4, 0.5) is 11.5 Å². The second-order valence-electron chi connectivity index (χ2n) is 9.88. The molecule has 1 aliphatic heterocycles. The molecule has 2 aromatic carbocycles. The van der Waals surface area contributed by atoms with Crippen LogP contribution in [-0.4, -0.2) is 21.2 Å². The molecule has 2 aliphatic carbocycles. The molecule has 3 aliphatic rings. The third-order valence-electron chi connectivity index (χ3n) is 7.87. The number of aryl methyl sites for hydroxylation is 1. The summed E-state index contributed by atoms with van der Waals surface area (Å²) < 4.78 is 1.96. The molecule has 35 heavy (non-hydrogen) atoms. The van der Waals surface area contributed by atoms with Crippen molar-refractivity contribution in [2.24, 2.45) is 0 Å². The van der Waals surface area contributed by atoms with Crippen molar-refractivity contribution >= 4 is 34.1 Å². The van der Waals surface area contributed by atoms with Gasteiger partial charge in [-0.05, 0) is 60.2 Å². The fourth-order valence-electron chi connectivity index (χ4n) is 6.20. The van der Waals surface area contributed by atoms with Crippen LogP contribution in [0.5, 0.6) is 0 Å². The maximum atomic E-state index is 13.0.